The number of hydrogen-bond donors (Lipinski definition) is 2. The summed E-state index contributed by atoms with van der Waals surface area (Å²) in [5.74, 6) is 0.463. The summed E-state index contributed by atoms with van der Waals surface area (Å²) in [6, 6.07) is 17.0. The number of nitro groups is 1. The highest BCUT2D eigenvalue weighted by molar-refractivity contribution is 5.95. The molecule has 1 amide bonds. The molecule has 0 aliphatic rings. The average Bonchev–Trinajstić information content (AvgIpc) is 2.72. The van der Waals surface area contributed by atoms with E-state index >= 15 is 0 Å². The SMILES string of the molecule is O=C(NNc1ccc(C(F)(F)F)cc1[N+](=O)[O-])c1ccc(Oc2ccccc2)cc1. The number of benzene rings is 3. The third kappa shape index (κ3) is 5.04. The van der Waals surface area contributed by atoms with E-state index in [4.69, 9.17) is 4.74 Å². The molecule has 0 aromatic heterocycles. The molecule has 3 aromatic carbocycles. The summed E-state index contributed by atoms with van der Waals surface area (Å²) in [5, 5.41) is 11.1. The molecule has 0 aliphatic carbocycles. The van der Waals surface area contributed by atoms with Crippen molar-refractivity contribution in [1.29, 1.82) is 0 Å². The van der Waals surface area contributed by atoms with Crippen LogP contribution in [0.2, 0.25) is 0 Å². The first kappa shape index (κ1) is 20.6. The highest BCUT2D eigenvalue weighted by atomic mass is 19.4. The molecule has 30 heavy (non-hydrogen) atoms. The van der Waals surface area contributed by atoms with Crippen LogP contribution in [0, 0.1) is 10.1 Å². The van der Waals surface area contributed by atoms with E-state index in [0.717, 1.165) is 6.07 Å². The summed E-state index contributed by atoms with van der Waals surface area (Å²) in [5.41, 5.74) is 2.44. The van der Waals surface area contributed by atoms with Gasteiger partial charge in [-0.15, -0.1) is 0 Å². The molecule has 3 aromatic rings. The van der Waals surface area contributed by atoms with Gasteiger partial charge in [-0.25, -0.2) is 0 Å². The molecule has 0 unspecified atom stereocenters. The van der Waals surface area contributed by atoms with Gasteiger partial charge in [-0.1, -0.05) is 18.2 Å². The van der Waals surface area contributed by atoms with Crippen molar-refractivity contribution in [2.45, 2.75) is 6.18 Å². The summed E-state index contributed by atoms with van der Waals surface area (Å²) >= 11 is 0. The number of hydrazine groups is 1. The molecule has 0 aliphatic heterocycles. The number of halogens is 3. The topological polar surface area (TPSA) is 93.5 Å². The van der Waals surface area contributed by atoms with Gasteiger partial charge in [0.1, 0.15) is 17.2 Å². The fourth-order valence-electron chi connectivity index (χ4n) is 2.46. The molecule has 0 fully saturated rings. The monoisotopic (exact) mass is 417 g/mol. The van der Waals surface area contributed by atoms with Crippen molar-refractivity contribution >= 4 is 17.3 Å². The van der Waals surface area contributed by atoms with Crippen LogP contribution < -0.4 is 15.6 Å². The average molecular weight is 417 g/mol. The fourth-order valence-corrected chi connectivity index (χ4v) is 2.46. The smallest absolute Gasteiger partial charge is 0.416 e. The van der Waals surface area contributed by atoms with Crippen LogP contribution in [0.15, 0.2) is 72.8 Å². The molecule has 0 saturated heterocycles. The molecule has 10 heteroatoms. The molecular weight excluding hydrogens is 403 g/mol. The predicted octanol–water partition coefficient (Wildman–Crippen LogP) is 5.16. The number of alkyl halides is 3. The van der Waals surface area contributed by atoms with Crippen molar-refractivity contribution < 1.29 is 27.6 Å². The second-order valence-electron chi connectivity index (χ2n) is 6.01. The Labute approximate surface area is 168 Å². The first-order valence-electron chi connectivity index (χ1n) is 8.49. The van der Waals surface area contributed by atoms with Crippen LogP contribution in [0.25, 0.3) is 0 Å². The van der Waals surface area contributed by atoms with Gasteiger partial charge in [0.2, 0.25) is 0 Å². The van der Waals surface area contributed by atoms with Crippen molar-refractivity contribution in [3.05, 3.63) is 94.0 Å². The minimum Gasteiger partial charge on any atom is -0.457 e. The molecule has 0 spiro atoms. The van der Waals surface area contributed by atoms with E-state index in [1.807, 2.05) is 18.2 Å². The van der Waals surface area contributed by atoms with Gasteiger partial charge in [0.15, 0.2) is 0 Å². The summed E-state index contributed by atoms with van der Waals surface area (Å²) in [4.78, 5) is 22.3. The van der Waals surface area contributed by atoms with E-state index in [-0.39, 0.29) is 11.3 Å². The lowest BCUT2D eigenvalue weighted by atomic mass is 10.1. The third-order valence-corrected chi connectivity index (χ3v) is 3.93. The maximum Gasteiger partial charge on any atom is 0.416 e. The summed E-state index contributed by atoms with van der Waals surface area (Å²) in [6.07, 6.45) is -4.73. The zero-order valence-electron chi connectivity index (χ0n) is 15.1. The highest BCUT2D eigenvalue weighted by Gasteiger charge is 2.33. The maximum atomic E-state index is 12.7. The lowest BCUT2D eigenvalue weighted by Gasteiger charge is -2.12. The molecule has 7 nitrogen and oxygen atoms in total. The first-order chi connectivity index (χ1) is 14.2. The van der Waals surface area contributed by atoms with Crippen molar-refractivity contribution in [1.82, 2.24) is 5.43 Å². The molecule has 0 saturated carbocycles. The molecule has 2 N–H and O–H groups in total. The van der Waals surface area contributed by atoms with Crippen molar-refractivity contribution in [2.24, 2.45) is 0 Å². The molecule has 0 radical (unpaired) electrons. The quantitative estimate of drug-likeness (QED) is 0.427. The van der Waals surface area contributed by atoms with Crippen LogP contribution >= 0.6 is 0 Å². The van der Waals surface area contributed by atoms with E-state index < -0.39 is 28.3 Å². The Balaban J connectivity index is 1.67. The lowest BCUT2D eigenvalue weighted by molar-refractivity contribution is -0.384. The van der Waals surface area contributed by atoms with Crippen LogP contribution in [-0.4, -0.2) is 10.8 Å². The maximum absolute atomic E-state index is 12.7. The Morgan fingerprint density at radius 3 is 2.17 bits per heavy atom. The zero-order valence-corrected chi connectivity index (χ0v) is 15.1. The van der Waals surface area contributed by atoms with Gasteiger partial charge in [-0.05, 0) is 48.5 Å². The van der Waals surface area contributed by atoms with Gasteiger partial charge in [0, 0.05) is 11.6 Å². The van der Waals surface area contributed by atoms with E-state index in [2.05, 4.69) is 10.9 Å². The Kier molecular flexibility index (Phi) is 5.86. The van der Waals surface area contributed by atoms with Crippen LogP contribution in [0.3, 0.4) is 0 Å². The minimum absolute atomic E-state index is 0.206. The van der Waals surface area contributed by atoms with Crippen molar-refractivity contribution in [3.8, 4) is 11.5 Å². The molecule has 154 valence electrons. The zero-order chi connectivity index (χ0) is 21.7. The second-order valence-corrected chi connectivity index (χ2v) is 6.01. The Morgan fingerprint density at radius 1 is 0.933 bits per heavy atom. The number of ether oxygens (including phenoxy) is 1. The molecule has 0 bridgehead atoms. The van der Waals surface area contributed by atoms with Gasteiger partial charge >= 0.3 is 6.18 Å². The number of hydrogen-bond acceptors (Lipinski definition) is 5. The number of para-hydroxylation sites is 1. The van der Waals surface area contributed by atoms with Crippen LogP contribution in [0.1, 0.15) is 15.9 Å². The summed E-state index contributed by atoms with van der Waals surface area (Å²) < 4.78 is 43.8. The standard InChI is InChI=1S/C20H14F3N3O4/c21-20(22,23)14-8-11-17(18(12-14)26(28)29)24-25-19(27)13-6-9-16(10-7-13)30-15-4-2-1-3-5-15/h1-12,24H,(H,25,27). The molecular formula is C20H14F3N3O4. The Morgan fingerprint density at radius 2 is 1.57 bits per heavy atom. The normalized spacial score (nSPS) is 10.9. The number of nitrogens with one attached hydrogen (secondary N) is 2. The minimum atomic E-state index is -4.73. The third-order valence-electron chi connectivity index (χ3n) is 3.93. The Hall–Kier alpha value is -4.08. The van der Waals surface area contributed by atoms with Gasteiger partial charge in [0.25, 0.3) is 11.6 Å². The first-order valence-corrected chi connectivity index (χ1v) is 8.49. The number of nitro benzene ring substituents is 1. The molecule has 0 atom stereocenters. The van der Waals surface area contributed by atoms with Gasteiger partial charge in [0.05, 0.1) is 10.5 Å². The fraction of sp³-hybridized carbons (Fsp3) is 0.0500. The molecule has 0 heterocycles. The predicted molar refractivity (Wildman–Crippen MR) is 102 cm³/mol. The number of anilines is 1. The second kappa shape index (κ2) is 8.52. The number of nitrogens with zero attached hydrogens (tertiary/aromatic N) is 1. The number of carbonyl (C=O) groups excluding carboxylic acids is 1. The van der Waals surface area contributed by atoms with E-state index in [9.17, 15) is 28.1 Å². The van der Waals surface area contributed by atoms with E-state index in [0.29, 0.717) is 23.6 Å². The summed E-state index contributed by atoms with van der Waals surface area (Å²) in [6.45, 7) is 0. The van der Waals surface area contributed by atoms with Gasteiger partial charge < -0.3 is 4.74 Å². The van der Waals surface area contributed by atoms with Crippen LogP contribution in [-0.2, 0) is 6.18 Å². The molecule has 3 rings (SSSR count). The Bertz CT molecular complexity index is 1060. The highest BCUT2D eigenvalue weighted by Crippen LogP contribution is 2.34. The van der Waals surface area contributed by atoms with Crippen LogP contribution in [0.5, 0.6) is 11.5 Å². The number of rotatable bonds is 6. The van der Waals surface area contributed by atoms with Crippen LogP contribution in [0.4, 0.5) is 24.5 Å². The van der Waals surface area contributed by atoms with Crippen molar-refractivity contribution in [3.63, 3.8) is 0 Å². The van der Waals surface area contributed by atoms with Gasteiger partial charge in [-0.3, -0.25) is 25.8 Å². The van der Waals surface area contributed by atoms with E-state index in [1.54, 1.807) is 24.3 Å². The number of amides is 1. The van der Waals surface area contributed by atoms with Gasteiger partial charge in [-0.2, -0.15) is 13.2 Å². The number of carbonyl (C=O) groups is 1. The largest absolute Gasteiger partial charge is 0.457 e. The lowest BCUT2D eigenvalue weighted by Crippen LogP contribution is -2.29. The van der Waals surface area contributed by atoms with Crippen molar-refractivity contribution in [2.75, 3.05) is 5.43 Å². The summed E-state index contributed by atoms with van der Waals surface area (Å²) in [7, 11) is 0. The van der Waals surface area contributed by atoms with E-state index in [1.165, 1.54) is 12.1 Å².